The number of likely N-dealkylation sites (tertiary alicyclic amines) is 2. The van der Waals surface area contributed by atoms with Crippen LogP contribution in [-0.4, -0.2) is 58.8 Å². The summed E-state index contributed by atoms with van der Waals surface area (Å²) < 4.78 is 0. The Kier molecular flexibility index (Phi) is 7.28. The SMILES string of the molecule is CC(C)(C)CC(=O)N1CCC(N2CCCC(C(=O)NCc3cccnc3)C2)CC1. The first-order valence-corrected chi connectivity index (χ1v) is 11.0. The Bertz CT molecular complexity index is 678. The van der Waals surface area contributed by atoms with Gasteiger partial charge in [0.25, 0.3) is 0 Å². The summed E-state index contributed by atoms with van der Waals surface area (Å²) in [7, 11) is 0. The number of aromatic nitrogens is 1. The number of hydrogen-bond acceptors (Lipinski definition) is 4. The van der Waals surface area contributed by atoms with Crippen LogP contribution in [0.15, 0.2) is 24.5 Å². The number of carbonyl (C=O) groups excluding carboxylic acids is 2. The van der Waals surface area contributed by atoms with E-state index >= 15 is 0 Å². The monoisotopic (exact) mass is 400 g/mol. The molecular weight excluding hydrogens is 364 g/mol. The molecule has 2 amide bonds. The van der Waals surface area contributed by atoms with Crippen LogP contribution in [0, 0.1) is 11.3 Å². The van der Waals surface area contributed by atoms with Crippen molar-refractivity contribution in [2.45, 2.75) is 65.5 Å². The van der Waals surface area contributed by atoms with Crippen molar-refractivity contribution in [1.29, 1.82) is 0 Å². The van der Waals surface area contributed by atoms with E-state index in [9.17, 15) is 9.59 Å². The summed E-state index contributed by atoms with van der Waals surface area (Å²) in [6.07, 6.45) is 8.20. The maximum atomic E-state index is 12.7. The van der Waals surface area contributed by atoms with Crippen LogP contribution in [0.25, 0.3) is 0 Å². The molecule has 3 rings (SSSR count). The average Bonchev–Trinajstić information content (AvgIpc) is 2.72. The van der Waals surface area contributed by atoms with E-state index in [0.29, 0.717) is 19.0 Å². The molecule has 0 bridgehead atoms. The zero-order chi connectivity index (χ0) is 20.9. The predicted molar refractivity (Wildman–Crippen MR) is 114 cm³/mol. The minimum atomic E-state index is 0.0389. The van der Waals surface area contributed by atoms with E-state index in [1.54, 1.807) is 12.4 Å². The van der Waals surface area contributed by atoms with Crippen LogP contribution in [0.2, 0.25) is 0 Å². The molecule has 0 saturated carbocycles. The average molecular weight is 401 g/mol. The van der Waals surface area contributed by atoms with Crippen LogP contribution in [-0.2, 0) is 16.1 Å². The van der Waals surface area contributed by atoms with Crippen molar-refractivity contribution >= 4 is 11.8 Å². The van der Waals surface area contributed by atoms with Gasteiger partial charge in [-0.25, -0.2) is 0 Å². The van der Waals surface area contributed by atoms with Gasteiger partial charge in [0.1, 0.15) is 0 Å². The first-order valence-electron chi connectivity index (χ1n) is 11.0. The second kappa shape index (κ2) is 9.70. The Morgan fingerprint density at radius 1 is 1.17 bits per heavy atom. The first-order chi connectivity index (χ1) is 13.8. The van der Waals surface area contributed by atoms with Crippen molar-refractivity contribution in [2.24, 2.45) is 11.3 Å². The number of pyridine rings is 1. The highest BCUT2D eigenvalue weighted by molar-refractivity contribution is 5.79. The molecule has 3 heterocycles. The van der Waals surface area contributed by atoms with Crippen molar-refractivity contribution in [3.63, 3.8) is 0 Å². The number of rotatable bonds is 5. The highest BCUT2D eigenvalue weighted by atomic mass is 16.2. The number of hydrogen-bond donors (Lipinski definition) is 1. The lowest BCUT2D eigenvalue weighted by Crippen LogP contribution is -2.51. The molecule has 1 atom stereocenters. The van der Waals surface area contributed by atoms with Crippen LogP contribution in [0.5, 0.6) is 0 Å². The zero-order valence-corrected chi connectivity index (χ0v) is 18.2. The number of piperidine rings is 2. The summed E-state index contributed by atoms with van der Waals surface area (Å²) >= 11 is 0. The van der Waals surface area contributed by atoms with E-state index in [1.165, 1.54) is 0 Å². The van der Waals surface area contributed by atoms with E-state index in [1.807, 2.05) is 17.0 Å². The van der Waals surface area contributed by atoms with Gasteiger partial charge >= 0.3 is 0 Å². The van der Waals surface area contributed by atoms with Crippen LogP contribution < -0.4 is 5.32 Å². The van der Waals surface area contributed by atoms with Gasteiger partial charge in [0, 0.05) is 51.0 Å². The molecule has 6 nitrogen and oxygen atoms in total. The highest BCUT2D eigenvalue weighted by Crippen LogP contribution is 2.26. The van der Waals surface area contributed by atoms with Crippen molar-refractivity contribution < 1.29 is 9.59 Å². The van der Waals surface area contributed by atoms with Gasteiger partial charge in [-0.3, -0.25) is 19.5 Å². The number of amides is 2. The minimum absolute atomic E-state index is 0.0389. The Balaban J connectivity index is 1.45. The normalized spacial score (nSPS) is 21.8. The molecule has 1 N–H and O–H groups in total. The maximum absolute atomic E-state index is 12.7. The molecule has 0 spiro atoms. The summed E-state index contributed by atoms with van der Waals surface area (Å²) in [5, 5.41) is 3.08. The minimum Gasteiger partial charge on any atom is -0.352 e. The molecule has 0 radical (unpaired) electrons. The smallest absolute Gasteiger partial charge is 0.224 e. The van der Waals surface area contributed by atoms with Crippen molar-refractivity contribution in [1.82, 2.24) is 20.1 Å². The van der Waals surface area contributed by atoms with Crippen LogP contribution >= 0.6 is 0 Å². The molecule has 160 valence electrons. The third-order valence-electron chi connectivity index (χ3n) is 6.03. The Hall–Kier alpha value is -1.95. The summed E-state index contributed by atoms with van der Waals surface area (Å²) in [6, 6.07) is 4.36. The predicted octanol–water partition coefficient (Wildman–Crippen LogP) is 2.84. The summed E-state index contributed by atoms with van der Waals surface area (Å²) in [6.45, 7) is 10.5. The van der Waals surface area contributed by atoms with Crippen molar-refractivity contribution in [2.75, 3.05) is 26.2 Å². The third-order valence-corrected chi connectivity index (χ3v) is 6.03. The van der Waals surface area contributed by atoms with Gasteiger partial charge in [-0.1, -0.05) is 26.8 Å². The number of nitrogens with one attached hydrogen (secondary N) is 1. The number of carbonyl (C=O) groups is 2. The maximum Gasteiger partial charge on any atom is 0.224 e. The van der Waals surface area contributed by atoms with E-state index in [4.69, 9.17) is 0 Å². The molecule has 1 aromatic rings. The summed E-state index contributed by atoms with van der Waals surface area (Å²) in [5.41, 5.74) is 1.07. The lowest BCUT2D eigenvalue weighted by molar-refractivity contribution is -0.134. The van der Waals surface area contributed by atoms with E-state index in [2.05, 4.69) is 36.0 Å². The third kappa shape index (κ3) is 6.53. The molecule has 6 heteroatoms. The largest absolute Gasteiger partial charge is 0.352 e. The Morgan fingerprint density at radius 2 is 1.93 bits per heavy atom. The van der Waals surface area contributed by atoms with Gasteiger partial charge in [0.2, 0.25) is 11.8 Å². The van der Waals surface area contributed by atoms with Gasteiger partial charge in [0.15, 0.2) is 0 Å². The fraction of sp³-hybridized carbons (Fsp3) is 0.696. The standard InChI is InChI=1S/C23H36N4O2/c1-23(2,3)14-21(28)26-12-8-20(9-13-26)27-11-5-7-19(17-27)22(29)25-16-18-6-4-10-24-15-18/h4,6,10,15,19-20H,5,7-9,11-14,16-17H2,1-3H3,(H,25,29). The lowest BCUT2D eigenvalue weighted by Gasteiger charge is -2.42. The van der Waals surface area contributed by atoms with Gasteiger partial charge in [-0.2, -0.15) is 0 Å². The highest BCUT2D eigenvalue weighted by Gasteiger charge is 2.33. The zero-order valence-electron chi connectivity index (χ0n) is 18.2. The molecule has 29 heavy (non-hydrogen) atoms. The molecule has 1 unspecified atom stereocenters. The van der Waals surface area contributed by atoms with Crippen LogP contribution in [0.1, 0.15) is 58.4 Å². The Morgan fingerprint density at radius 3 is 2.59 bits per heavy atom. The van der Waals surface area contributed by atoms with Crippen LogP contribution in [0.3, 0.4) is 0 Å². The van der Waals surface area contributed by atoms with Crippen molar-refractivity contribution in [3.8, 4) is 0 Å². The Labute approximate surface area is 175 Å². The van der Waals surface area contributed by atoms with Crippen LogP contribution in [0.4, 0.5) is 0 Å². The molecule has 0 aromatic carbocycles. The quantitative estimate of drug-likeness (QED) is 0.825. The second-order valence-corrected chi connectivity index (χ2v) is 9.76. The molecule has 2 saturated heterocycles. The van der Waals surface area contributed by atoms with Gasteiger partial charge in [0.05, 0.1) is 5.92 Å². The molecule has 2 fully saturated rings. The summed E-state index contributed by atoms with van der Waals surface area (Å²) in [5.74, 6) is 0.486. The second-order valence-electron chi connectivity index (χ2n) is 9.76. The molecule has 0 aliphatic carbocycles. The molecule has 1 aromatic heterocycles. The fourth-order valence-electron chi connectivity index (χ4n) is 4.43. The van der Waals surface area contributed by atoms with Gasteiger partial charge < -0.3 is 10.2 Å². The topological polar surface area (TPSA) is 65.5 Å². The fourth-order valence-corrected chi connectivity index (χ4v) is 4.43. The van der Waals surface area contributed by atoms with Crippen molar-refractivity contribution in [3.05, 3.63) is 30.1 Å². The van der Waals surface area contributed by atoms with E-state index in [-0.39, 0.29) is 23.1 Å². The number of nitrogens with zero attached hydrogens (tertiary/aromatic N) is 3. The lowest BCUT2D eigenvalue weighted by atomic mass is 9.90. The molecule has 2 aliphatic rings. The van der Waals surface area contributed by atoms with E-state index < -0.39 is 0 Å². The summed E-state index contributed by atoms with van der Waals surface area (Å²) in [4.78, 5) is 33.8. The molecular formula is C23H36N4O2. The molecule has 2 aliphatic heterocycles. The van der Waals surface area contributed by atoms with E-state index in [0.717, 1.165) is 57.4 Å². The van der Waals surface area contributed by atoms with Gasteiger partial charge in [-0.15, -0.1) is 0 Å². The first kappa shape index (κ1) is 21.8. The van der Waals surface area contributed by atoms with Gasteiger partial charge in [-0.05, 0) is 49.3 Å².